The fourth-order valence-corrected chi connectivity index (χ4v) is 3.28. The molecule has 132 valence electrons. The number of ether oxygens (including phenoxy) is 1. The van der Waals surface area contributed by atoms with Gasteiger partial charge in [-0.05, 0) is 39.2 Å². The molecule has 1 aliphatic rings. The summed E-state index contributed by atoms with van der Waals surface area (Å²) in [5.74, 6) is -0.143. The predicted octanol–water partition coefficient (Wildman–Crippen LogP) is 2.24. The first-order valence-corrected chi connectivity index (χ1v) is 8.58. The van der Waals surface area contributed by atoms with Crippen LogP contribution in [0.3, 0.4) is 0 Å². The smallest absolute Gasteiger partial charge is 0.316 e. The molecule has 1 aliphatic heterocycles. The molecule has 2 N–H and O–H groups in total. The molecule has 0 aliphatic carbocycles. The molecule has 24 heavy (non-hydrogen) atoms. The van der Waals surface area contributed by atoms with E-state index in [1.54, 1.807) is 0 Å². The van der Waals surface area contributed by atoms with Crippen LogP contribution >= 0.6 is 0 Å². The molecule has 0 spiro atoms. The highest BCUT2D eigenvalue weighted by molar-refractivity contribution is 5.84. The molecule has 0 aromatic heterocycles. The first kappa shape index (κ1) is 18.5. The van der Waals surface area contributed by atoms with Gasteiger partial charge in [0.25, 0.3) is 0 Å². The minimum atomic E-state index is -0.660. The number of likely N-dealkylation sites (tertiary alicyclic amines) is 1. The van der Waals surface area contributed by atoms with Gasteiger partial charge in [-0.25, -0.2) is 0 Å². The van der Waals surface area contributed by atoms with Crippen molar-refractivity contribution in [2.45, 2.75) is 51.0 Å². The molecule has 1 aromatic rings. The molecule has 0 saturated carbocycles. The van der Waals surface area contributed by atoms with Crippen LogP contribution in [0.25, 0.3) is 0 Å². The first-order chi connectivity index (χ1) is 11.3. The van der Waals surface area contributed by atoms with Crippen molar-refractivity contribution in [3.8, 4) is 0 Å². The number of hydrogen-bond donors (Lipinski definition) is 1. The summed E-state index contributed by atoms with van der Waals surface area (Å²) in [4.78, 5) is 26.9. The standard InChI is InChI=1S/C19H28N2O3/c1-4-24-17(23)19(15-8-6-5-7-9-15)10-12-21(13-11-19)16(22)14-18(2,3)20/h5-9H,4,10-14,20H2,1-3H3. The molecule has 0 bridgehead atoms. The van der Waals surface area contributed by atoms with Crippen LogP contribution in [-0.4, -0.2) is 42.0 Å². The van der Waals surface area contributed by atoms with Gasteiger partial charge in [0.2, 0.25) is 5.91 Å². The fourth-order valence-electron chi connectivity index (χ4n) is 3.28. The van der Waals surface area contributed by atoms with Gasteiger partial charge in [0.15, 0.2) is 0 Å². The van der Waals surface area contributed by atoms with Crippen molar-refractivity contribution in [1.29, 1.82) is 0 Å². The van der Waals surface area contributed by atoms with Gasteiger partial charge >= 0.3 is 5.97 Å². The number of esters is 1. The highest BCUT2D eigenvalue weighted by Gasteiger charge is 2.45. The number of piperidine rings is 1. The van der Waals surface area contributed by atoms with E-state index >= 15 is 0 Å². The van der Waals surface area contributed by atoms with Crippen molar-refractivity contribution < 1.29 is 14.3 Å². The van der Waals surface area contributed by atoms with Crippen LogP contribution in [0.15, 0.2) is 30.3 Å². The molecule has 0 unspecified atom stereocenters. The second-order valence-electron chi connectivity index (χ2n) is 7.21. The third-order valence-electron chi connectivity index (χ3n) is 4.57. The zero-order valence-electron chi connectivity index (χ0n) is 14.9. The molecule has 1 fully saturated rings. The summed E-state index contributed by atoms with van der Waals surface area (Å²) in [6.45, 7) is 6.96. The Hall–Kier alpha value is -1.88. The lowest BCUT2D eigenvalue weighted by Gasteiger charge is -2.40. The maximum atomic E-state index is 12.7. The summed E-state index contributed by atoms with van der Waals surface area (Å²) in [7, 11) is 0. The average Bonchev–Trinajstić information content (AvgIpc) is 2.54. The molecule has 2 rings (SSSR count). The van der Waals surface area contributed by atoms with E-state index < -0.39 is 11.0 Å². The van der Waals surface area contributed by atoms with Crippen LogP contribution in [0.1, 0.15) is 45.6 Å². The topological polar surface area (TPSA) is 72.6 Å². The average molecular weight is 332 g/mol. The lowest BCUT2D eigenvalue weighted by molar-refractivity contribution is -0.154. The monoisotopic (exact) mass is 332 g/mol. The van der Waals surface area contributed by atoms with E-state index in [9.17, 15) is 9.59 Å². The molecule has 1 amide bonds. The molecule has 0 atom stereocenters. The Labute approximate surface area is 144 Å². The summed E-state index contributed by atoms with van der Waals surface area (Å²) in [6, 6.07) is 9.74. The van der Waals surface area contributed by atoms with Crippen LogP contribution in [0.5, 0.6) is 0 Å². The molecular weight excluding hydrogens is 304 g/mol. The van der Waals surface area contributed by atoms with E-state index in [-0.39, 0.29) is 11.9 Å². The fraction of sp³-hybridized carbons (Fsp3) is 0.579. The number of rotatable bonds is 5. The van der Waals surface area contributed by atoms with E-state index in [2.05, 4.69) is 0 Å². The molecule has 1 aromatic carbocycles. The van der Waals surface area contributed by atoms with Crippen molar-refractivity contribution in [2.24, 2.45) is 5.73 Å². The number of hydrogen-bond acceptors (Lipinski definition) is 4. The number of carbonyl (C=O) groups excluding carboxylic acids is 2. The lowest BCUT2D eigenvalue weighted by Crippen LogP contribution is -2.51. The van der Waals surface area contributed by atoms with Gasteiger partial charge in [0.1, 0.15) is 0 Å². The van der Waals surface area contributed by atoms with Gasteiger partial charge in [0.05, 0.1) is 12.0 Å². The maximum Gasteiger partial charge on any atom is 0.316 e. The third-order valence-corrected chi connectivity index (χ3v) is 4.57. The summed E-state index contributed by atoms with van der Waals surface area (Å²) >= 11 is 0. The van der Waals surface area contributed by atoms with Crippen LogP contribution < -0.4 is 5.73 Å². The number of carbonyl (C=O) groups is 2. The second kappa shape index (κ2) is 7.34. The normalized spacial score (nSPS) is 17.4. The SMILES string of the molecule is CCOC(=O)C1(c2ccccc2)CCN(C(=O)CC(C)(C)N)CC1. The molecule has 1 heterocycles. The molecule has 0 radical (unpaired) electrons. The van der Waals surface area contributed by atoms with Gasteiger partial charge in [-0.3, -0.25) is 9.59 Å². The number of amides is 1. The maximum absolute atomic E-state index is 12.7. The highest BCUT2D eigenvalue weighted by atomic mass is 16.5. The Bertz CT molecular complexity index is 570. The Kier molecular flexibility index (Phi) is 5.65. The van der Waals surface area contributed by atoms with Gasteiger partial charge < -0.3 is 15.4 Å². The Morgan fingerprint density at radius 3 is 2.29 bits per heavy atom. The van der Waals surface area contributed by atoms with Crippen molar-refractivity contribution in [3.05, 3.63) is 35.9 Å². The lowest BCUT2D eigenvalue weighted by atomic mass is 9.72. The van der Waals surface area contributed by atoms with Crippen molar-refractivity contribution in [2.75, 3.05) is 19.7 Å². The van der Waals surface area contributed by atoms with Crippen molar-refractivity contribution >= 4 is 11.9 Å². The summed E-state index contributed by atoms with van der Waals surface area (Å²) in [5, 5.41) is 0. The molecule has 5 nitrogen and oxygen atoms in total. The van der Waals surface area contributed by atoms with Gasteiger partial charge in [-0.15, -0.1) is 0 Å². The van der Waals surface area contributed by atoms with Crippen molar-refractivity contribution in [3.63, 3.8) is 0 Å². The number of benzene rings is 1. The Balaban J connectivity index is 2.16. The largest absolute Gasteiger partial charge is 0.465 e. The number of nitrogens with two attached hydrogens (primary N) is 1. The summed E-state index contributed by atoms with van der Waals surface area (Å²) in [5.41, 5.74) is 5.74. The first-order valence-electron chi connectivity index (χ1n) is 8.58. The third kappa shape index (κ3) is 4.15. The van der Waals surface area contributed by atoms with Gasteiger partial charge in [-0.1, -0.05) is 30.3 Å². The molecule has 1 saturated heterocycles. The summed E-state index contributed by atoms with van der Waals surface area (Å²) < 4.78 is 5.35. The van der Waals surface area contributed by atoms with E-state index in [0.29, 0.717) is 39.0 Å². The van der Waals surface area contributed by atoms with Gasteiger partial charge in [-0.2, -0.15) is 0 Å². The van der Waals surface area contributed by atoms with E-state index in [4.69, 9.17) is 10.5 Å². The van der Waals surface area contributed by atoms with Crippen LogP contribution in [0.4, 0.5) is 0 Å². The highest BCUT2D eigenvalue weighted by Crippen LogP contribution is 2.37. The zero-order chi connectivity index (χ0) is 17.8. The number of nitrogens with zero attached hydrogens (tertiary/aromatic N) is 1. The van der Waals surface area contributed by atoms with Crippen molar-refractivity contribution in [1.82, 2.24) is 4.90 Å². The van der Waals surface area contributed by atoms with E-state index in [0.717, 1.165) is 5.56 Å². The predicted molar refractivity (Wildman–Crippen MR) is 93.5 cm³/mol. The second-order valence-corrected chi connectivity index (χ2v) is 7.21. The van der Waals surface area contributed by atoms with E-state index in [1.807, 2.05) is 56.0 Å². The van der Waals surface area contributed by atoms with Crippen LogP contribution in [0.2, 0.25) is 0 Å². The summed E-state index contributed by atoms with van der Waals surface area (Å²) in [6.07, 6.45) is 1.46. The van der Waals surface area contributed by atoms with Crippen LogP contribution in [0, 0.1) is 0 Å². The molecule has 5 heteroatoms. The quantitative estimate of drug-likeness (QED) is 0.839. The van der Waals surface area contributed by atoms with Gasteiger partial charge in [0, 0.05) is 25.0 Å². The zero-order valence-corrected chi connectivity index (χ0v) is 14.9. The minimum absolute atomic E-state index is 0.0491. The minimum Gasteiger partial charge on any atom is -0.465 e. The van der Waals surface area contributed by atoms with E-state index in [1.165, 1.54) is 0 Å². The Morgan fingerprint density at radius 1 is 1.21 bits per heavy atom. The molecular formula is C19H28N2O3. The Morgan fingerprint density at radius 2 is 1.79 bits per heavy atom. The van der Waals surface area contributed by atoms with Crippen LogP contribution in [-0.2, 0) is 19.7 Å².